The number of benzene rings is 1. The van der Waals surface area contributed by atoms with Gasteiger partial charge in [0.05, 0.1) is 18.5 Å². The van der Waals surface area contributed by atoms with Crippen molar-refractivity contribution < 1.29 is 19.4 Å². The Bertz CT molecular complexity index is 490. The lowest BCUT2D eigenvalue weighted by Crippen LogP contribution is -2.07. The molecular weight excluding hydrogens is 222 g/mol. The zero-order valence-corrected chi connectivity index (χ0v) is 8.91. The average molecular weight is 233 g/mol. The summed E-state index contributed by atoms with van der Waals surface area (Å²) in [5, 5.41) is 18.1. The highest BCUT2D eigenvalue weighted by atomic mass is 16.4. The van der Waals surface area contributed by atoms with Gasteiger partial charge in [-0.05, 0) is 17.7 Å². The standard InChI is InChI=1S/C12H11NO4/c14-9-3-1-8(2-4-9)10(5-12(15)16)11-6-13-7-17-11/h1-4,6-7,10,14H,5H2,(H,15,16). The van der Waals surface area contributed by atoms with Crippen molar-refractivity contribution in [2.24, 2.45) is 0 Å². The summed E-state index contributed by atoms with van der Waals surface area (Å²) in [5.41, 5.74) is 0.766. The fourth-order valence-electron chi connectivity index (χ4n) is 1.66. The van der Waals surface area contributed by atoms with Crippen LogP contribution in [0.25, 0.3) is 0 Å². The number of oxazole rings is 1. The summed E-state index contributed by atoms with van der Waals surface area (Å²) in [6.07, 6.45) is 2.69. The molecule has 5 nitrogen and oxygen atoms in total. The lowest BCUT2D eigenvalue weighted by Gasteiger charge is -2.12. The highest BCUT2D eigenvalue weighted by molar-refractivity contribution is 5.68. The van der Waals surface area contributed by atoms with Crippen molar-refractivity contribution in [3.05, 3.63) is 48.2 Å². The number of carbonyl (C=O) groups is 1. The second-order valence-corrected chi connectivity index (χ2v) is 3.65. The Morgan fingerprint density at radius 3 is 2.59 bits per heavy atom. The van der Waals surface area contributed by atoms with Gasteiger partial charge < -0.3 is 14.6 Å². The Morgan fingerprint density at radius 2 is 2.06 bits per heavy atom. The first kappa shape index (κ1) is 11.2. The van der Waals surface area contributed by atoms with Crippen molar-refractivity contribution in [2.75, 3.05) is 0 Å². The molecule has 1 unspecified atom stereocenters. The maximum atomic E-state index is 10.8. The van der Waals surface area contributed by atoms with Crippen LogP contribution in [-0.2, 0) is 4.79 Å². The van der Waals surface area contributed by atoms with Gasteiger partial charge in [0.15, 0.2) is 6.39 Å². The summed E-state index contributed by atoms with van der Waals surface area (Å²) in [6, 6.07) is 6.37. The van der Waals surface area contributed by atoms with E-state index in [-0.39, 0.29) is 12.2 Å². The van der Waals surface area contributed by atoms with E-state index in [2.05, 4.69) is 4.98 Å². The number of phenolic OH excluding ortho intramolecular Hbond substituents is 1. The van der Waals surface area contributed by atoms with Crippen LogP contribution in [0.1, 0.15) is 23.7 Å². The van der Waals surface area contributed by atoms with Gasteiger partial charge in [0, 0.05) is 0 Å². The van der Waals surface area contributed by atoms with Gasteiger partial charge >= 0.3 is 5.97 Å². The van der Waals surface area contributed by atoms with E-state index in [1.54, 1.807) is 12.1 Å². The first-order valence-corrected chi connectivity index (χ1v) is 5.06. The minimum atomic E-state index is -0.917. The van der Waals surface area contributed by atoms with E-state index in [1.165, 1.54) is 24.7 Å². The Hall–Kier alpha value is -2.30. The number of carboxylic acid groups (broad SMARTS) is 1. The Kier molecular flexibility index (Phi) is 3.09. The van der Waals surface area contributed by atoms with E-state index in [0.717, 1.165) is 5.56 Å². The van der Waals surface area contributed by atoms with Crippen LogP contribution in [0.5, 0.6) is 5.75 Å². The van der Waals surface area contributed by atoms with Crippen LogP contribution in [0.4, 0.5) is 0 Å². The SMILES string of the molecule is O=C(O)CC(c1ccc(O)cc1)c1cnco1. The van der Waals surface area contributed by atoms with E-state index < -0.39 is 11.9 Å². The molecular formula is C12H11NO4. The second kappa shape index (κ2) is 4.69. The third kappa shape index (κ3) is 2.63. The minimum absolute atomic E-state index is 0.0834. The Labute approximate surface area is 97.3 Å². The van der Waals surface area contributed by atoms with E-state index in [1.807, 2.05) is 0 Å². The smallest absolute Gasteiger partial charge is 0.304 e. The zero-order chi connectivity index (χ0) is 12.3. The summed E-state index contributed by atoms with van der Waals surface area (Å²) >= 11 is 0. The molecule has 0 aliphatic carbocycles. The van der Waals surface area contributed by atoms with Crippen molar-refractivity contribution >= 4 is 5.97 Å². The molecule has 0 aliphatic rings. The first-order valence-electron chi connectivity index (χ1n) is 5.06. The largest absolute Gasteiger partial charge is 0.508 e. The zero-order valence-electron chi connectivity index (χ0n) is 8.91. The number of aliphatic carboxylic acids is 1. The van der Waals surface area contributed by atoms with E-state index in [9.17, 15) is 9.90 Å². The van der Waals surface area contributed by atoms with Crippen molar-refractivity contribution in [1.82, 2.24) is 4.98 Å². The molecule has 5 heteroatoms. The number of nitrogens with zero attached hydrogens (tertiary/aromatic N) is 1. The summed E-state index contributed by atoms with van der Waals surface area (Å²) < 4.78 is 5.14. The summed E-state index contributed by atoms with van der Waals surface area (Å²) in [6.45, 7) is 0. The predicted octanol–water partition coefficient (Wildman–Crippen LogP) is 1.99. The monoisotopic (exact) mass is 233 g/mol. The van der Waals surface area contributed by atoms with Gasteiger partial charge in [0.2, 0.25) is 0 Å². The Balaban J connectivity index is 2.33. The lowest BCUT2D eigenvalue weighted by atomic mass is 9.94. The van der Waals surface area contributed by atoms with Crippen LogP contribution < -0.4 is 0 Å². The third-order valence-electron chi connectivity index (χ3n) is 2.47. The van der Waals surface area contributed by atoms with Crippen molar-refractivity contribution in [2.45, 2.75) is 12.3 Å². The topological polar surface area (TPSA) is 83.6 Å². The number of aromatic nitrogens is 1. The Morgan fingerprint density at radius 1 is 1.35 bits per heavy atom. The molecule has 0 saturated heterocycles. The van der Waals surface area contributed by atoms with Crippen LogP contribution >= 0.6 is 0 Å². The van der Waals surface area contributed by atoms with Crippen molar-refractivity contribution in [3.63, 3.8) is 0 Å². The van der Waals surface area contributed by atoms with E-state index >= 15 is 0 Å². The number of carboxylic acids is 1. The maximum Gasteiger partial charge on any atom is 0.304 e. The van der Waals surface area contributed by atoms with Crippen molar-refractivity contribution in [1.29, 1.82) is 0 Å². The van der Waals surface area contributed by atoms with E-state index in [4.69, 9.17) is 9.52 Å². The van der Waals surface area contributed by atoms with Crippen LogP contribution in [0.15, 0.2) is 41.3 Å². The number of hydrogen-bond acceptors (Lipinski definition) is 4. The van der Waals surface area contributed by atoms with Gasteiger partial charge in [-0.3, -0.25) is 4.79 Å². The fourth-order valence-corrected chi connectivity index (χ4v) is 1.66. The van der Waals surface area contributed by atoms with Gasteiger partial charge in [-0.25, -0.2) is 4.98 Å². The lowest BCUT2D eigenvalue weighted by molar-refractivity contribution is -0.137. The quantitative estimate of drug-likeness (QED) is 0.843. The molecule has 2 rings (SSSR count). The van der Waals surface area contributed by atoms with Gasteiger partial charge in [0.1, 0.15) is 11.5 Å². The summed E-state index contributed by atoms with van der Waals surface area (Å²) in [5.74, 6) is -0.673. The van der Waals surface area contributed by atoms with Gasteiger partial charge in [0.25, 0.3) is 0 Å². The first-order chi connectivity index (χ1) is 8.16. The van der Waals surface area contributed by atoms with Crippen LogP contribution in [-0.4, -0.2) is 21.2 Å². The number of hydrogen-bond donors (Lipinski definition) is 2. The molecule has 0 amide bonds. The predicted molar refractivity (Wildman–Crippen MR) is 58.7 cm³/mol. The number of aromatic hydroxyl groups is 1. The van der Waals surface area contributed by atoms with Crippen LogP contribution in [0, 0.1) is 0 Å². The van der Waals surface area contributed by atoms with Crippen molar-refractivity contribution in [3.8, 4) is 5.75 Å². The molecule has 0 radical (unpaired) electrons. The summed E-state index contributed by atoms with van der Waals surface area (Å²) in [4.78, 5) is 14.6. The van der Waals surface area contributed by atoms with E-state index in [0.29, 0.717) is 5.76 Å². The van der Waals surface area contributed by atoms with Gasteiger partial charge in [-0.2, -0.15) is 0 Å². The van der Waals surface area contributed by atoms with Crippen LogP contribution in [0.3, 0.4) is 0 Å². The average Bonchev–Trinajstić information content (AvgIpc) is 2.80. The molecule has 2 N–H and O–H groups in total. The molecule has 0 spiro atoms. The third-order valence-corrected chi connectivity index (χ3v) is 2.47. The van der Waals surface area contributed by atoms with Gasteiger partial charge in [-0.1, -0.05) is 12.1 Å². The molecule has 0 bridgehead atoms. The maximum absolute atomic E-state index is 10.8. The molecule has 0 fully saturated rings. The number of phenols is 1. The molecule has 2 aromatic rings. The minimum Gasteiger partial charge on any atom is -0.508 e. The molecule has 1 aromatic heterocycles. The number of rotatable bonds is 4. The highest BCUT2D eigenvalue weighted by Gasteiger charge is 2.20. The van der Waals surface area contributed by atoms with Crippen LogP contribution in [0.2, 0.25) is 0 Å². The second-order valence-electron chi connectivity index (χ2n) is 3.65. The molecule has 17 heavy (non-hydrogen) atoms. The molecule has 1 heterocycles. The van der Waals surface area contributed by atoms with Gasteiger partial charge in [-0.15, -0.1) is 0 Å². The molecule has 0 aliphatic heterocycles. The molecule has 1 atom stereocenters. The summed E-state index contributed by atoms with van der Waals surface area (Å²) in [7, 11) is 0. The normalized spacial score (nSPS) is 12.2. The fraction of sp³-hybridized carbons (Fsp3) is 0.167. The molecule has 1 aromatic carbocycles. The molecule has 88 valence electrons. The highest BCUT2D eigenvalue weighted by Crippen LogP contribution is 2.28. The molecule has 0 saturated carbocycles.